The van der Waals surface area contributed by atoms with Crippen molar-refractivity contribution >= 4 is 19.8 Å². The Kier molecular flexibility index (Phi) is 37.9. The molecule has 12 heteroatoms. The van der Waals surface area contributed by atoms with Crippen LogP contribution in [-0.4, -0.2) is 76.9 Å². The van der Waals surface area contributed by atoms with E-state index >= 15 is 0 Å². The van der Waals surface area contributed by atoms with Crippen molar-refractivity contribution in [1.82, 2.24) is 0 Å². The molecule has 0 aliphatic heterocycles. The smallest absolute Gasteiger partial charge is 0.462 e. The van der Waals surface area contributed by atoms with Gasteiger partial charge in [0.2, 0.25) is 0 Å². The summed E-state index contributed by atoms with van der Waals surface area (Å²) in [5.74, 6) is -0.201. The number of esters is 2. The summed E-state index contributed by atoms with van der Waals surface area (Å²) in [6, 6.07) is 0. The van der Waals surface area contributed by atoms with Gasteiger partial charge in [0.05, 0.1) is 25.9 Å². The zero-order chi connectivity index (χ0) is 42.2. The molecule has 0 saturated carbocycles. The number of allylic oxidation sites excluding steroid dienone is 7. The molecule has 0 aromatic rings. The van der Waals surface area contributed by atoms with Gasteiger partial charge in [0.25, 0.3) is 0 Å². The molecule has 0 heterocycles. The fourth-order valence-electron chi connectivity index (χ4n) is 5.78. The van der Waals surface area contributed by atoms with Gasteiger partial charge in [0.15, 0.2) is 6.10 Å². The van der Waals surface area contributed by atoms with Crippen molar-refractivity contribution < 1.29 is 52.9 Å². The molecule has 0 rings (SSSR count). The van der Waals surface area contributed by atoms with Crippen LogP contribution in [-0.2, 0) is 32.7 Å². The maximum atomic E-state index is 12.6. The lowest BCUT2D eigenvalue weighted by Gasteiger charge is -2.20. The normalized spacial score (nSPS) is 14.9. The van der Waals surface area contributed by atoms with E-state index in [0.29, 0.717) is 19.3 Å². The van der Waals surface area contributed by atoms with Crippen LogP contribution >= 0.6 is 7.82 Å². The van der Waals surface area contributed by atoms with E-state index < -0.39 is 51.8 Å². The zero-order valence-corrected chi connectivity index (χ0v) is 36.7. The third-order valence-electron chi connectivity index (χ3n) is 9.23. The lowest BCUT2D eigenvalue weighted by molar-refractivity contribution is -0.161. The third kappa shape index (κ3) is 40.5. The van der Waals surface area contributed by atoms with Gasteiger partial charge in [0.1, 0.15) is 12.7 Å². The Balaban J connectivity index is 4.41. The molecule has 0 spiro atoms. The number of ether oxygens (including phenoxy) is 2. The van der Waals surface area contributed by atoms with Crippen LogP contribution < -0.4 is 0 Å². The third-order valence-corrected chi connectivity index (χ3v) is 10.2. The molecule has 0 amide bonds. The summed E-state index contributed by atoms with van der Waals surface area (Å²) in [4.78, 5) is 35.0. The first-order valence-corrected chi connectivity index (χ1v) is 23.5. The first-order valence-electron chi connectivity index (χ1n) is 22.0. The first-order chi connectivity index (χ1) is 27.5. The standard InChI is InChI=1S/C45H81O11P/c1-4-5-32-41(47)33-28-24-20-16-12-9-10-14-18-22-26-30-35-45(50)56-43(39-55-57(51,52)54-37-42(48)36-46)38-53-44(49)34-29-25-21-17-13-8-6-7-11-15-19-23-27-31-40(2)3/h9-10,16,18,20,22,28,33,40-43,46-48H,4-8,11-15,17,19,21,23-27,29-32,34-39H2,1-3H3,(H,51,52)/b10-9-,20-16-,22-18-,33-28-/t41-,42+,43-/m1/s1. The Morgan fingerprint density at radius 2 is 1.12 bits per heavy atom. The summed E-state index contributed by atoms with van der Waals surface area (Å²) in [6.45, 7) is 4.48. The molecular weight excluding hydrogens is 747 g/mol. The number of aliphatic hydroxyl groups is 3. The van der Waals surface area contributed by atoms with Crippen LogP contribution in [0.25, 0.3) is 0 Å². The first kappa shape index (κ1) is 54.9. The van der Waals surface area contributed by atoms with E-state index in [9.17, 15) is 29.3 Å². The average Bonchev–Trinajstić information content (AvgIpc) is 3.18. The lowest BCUT2D eigenvalue weighted by atomic mass is 10.0. The molecule has 332 valence electrons. The van der Waals surface area contributed by atoms with Crippen molar-refractivity contribution in [3.8, 4) is 0 Å². The van der Waals surface area contributed by atoms with Crippen LogP contribution in [0.5, 0.6) is 0 Å². The van der Waals surface area contributed by atoms with Gasteiger partial charge >= 0.3 is 19.8 Å². The SMILES string of the molecule is CCCC[C@@H](O)/C=C\C/C=C\C/C=C\C/C=C\CCCC(=O)O[C@H](COC(=O)CCCCCCCCCCCCCCCC(C)C)COP(=O)(O)OC[C@@H](O)CO. The molecular formula is C45H81O11P. The average molecular weight is 829 g/mol. The second-order valence-electron chi connectivity index (χ2n) is 15.4. The molecule has 0 fully saturated rings. The number of hydrogen-bond donors (Lipinski definition) is 4. The van der Waals surface area contributed by atoms with E-state index in [2.05, 4.69) is 49.6 Å². The van der Waals surface area contributed by atoms with Crippen LogP contribution in [0.15, 0.2) is 48.6 Å². The summed E-state index contributed by atoms with van der Waals surface area (Å²) in [6.07, 6.45) is 37.1. The van der Waals surface area contributed by atoms with Crippen molar-refractivity contribution in [2.75, 3.05) is 26.4 Å². The zero-order valence-electron chi connectivity index (χ0n) is 35.8. The number of phosphoric ester groups is 1. The molecule has 4 N–H and O–H groups in total. The van der Waals surface area contributed by atoms with E-state index in [0.717, 1.165) is 63.7 Å². The van der Waals surface area contributed by atoms with E-state index in [1.807, 2.05) is 24.3 Å². The summed E-state index contributed by atoms with van der Waals surface area (Å²) in [5.41, 5.74) is 0. The molecule has 11 nitrogen and oxygen atoms in total. The van der Waals surface area contributed by atoms with Crippen molar-refractivity contribution in [2.24, 2.45) is 5.92 Å². The molecule has 0 aromatic carbocycles. The Hall–Kier alpha value is -2.11. The summed E-state index contributed by atoms with van der Waals surface area (Å²) in [7, 11) is -4.64. The number of hydrogen-bond acceptors (Lipinski definition) is 10. The fourth-order valence-corrected chi connectivity index (χ4v) is 6.57. The van der Waals surface area contributed by atoms with E-state index in [-0.39, 0.29) is 25.6 Å². The van der Waals surface area contributed by atoms with Gasteiger partial charge in [0, 0.05) is 12.8 Å². The molecule has 0 aromatic heterocycles. The van der Waals surface area contributed by atoms with Crippen molar-refractivity contribution in [3.63, 3.8) is 0 Å². The van der Waals surface area contributed by atoms with Crippen molar-refractivity contribution in [3.05, 3.63) is 48.6 Å². The molecule has 1 unspecified atom stereocenters. The van der Waals surface area contributed by atoms with Gasteiger partial charge in [-0.1, -0.05) is 166 Å². The minimum Gasteiger partial charge on any atom is -0.462 e. The Labute approximate surface area is 346 Å². The summed E-state index contributed by atoms with van der Waals surface area (Å²) >= 11 is 0. The van der Waals surface area contributed by atoms with Crippen LogP contribution in [0.3, 0.4) is 0 Å². The maximum Gasteiger partial charge on any atom is 0.472 e. The van der Waals surface area contributed by atoms with E-state index in [4.69, 9.17) is 19.1 Å². The monoisotopic (exact) mass is 829 g/mol. The minimum absolute atomic E-state index is 0.0913. The predicted molar refractivity (Wildman–Crippen MR) is 230 cm³/mol. The molecule has 0 radical (unpaired) electrons. The highest BCUT2D eigenvalue weighted by Gasteiger charge is 2.27. The van der Waals surface area contributed by atoms with Gasteiger partial charge in [-0.25, -0.2) is 4.57 Å². The second kappa shape index (κ2) is 39.4. The van der Waals surface area contributed by atoms with Gasteiger partial charge in [-0.2, -0.15) is 0 Å². The van der Waals surface area contributed by atoms with E-state index in [1.54, 1.807) is 0 Å². The van der Waals surface area contributed by atoms with Crippen LogP contribution in [0.4, 0.5) is 0 Å². The van der Waals surface area contributed by atoms with Gasteiger partial charge < -0.3 is 29.7 Å². The Morgan fingerprint density at radius 3 is 1.68 bits per heavy atom. The fraction of sp³-hybridized carbons (Fsp3) is 0.778. The summed E-state index contributed by atoms with van der Waals surface area (Å²) in [5, 5.41) is 28.1. The number of rotatable bonds is 40. The quantitative estimate of drug-likeness (QED) is 0.0201. The molecule has 0 bridgehead atoms. The molecule has 0 saturated heterocycles. The lowest BCUT2D eigenvalue weighted by Crippen LogP contribution is -2.29. The van der Waals surface area contributed by atoms with Gasteiger partial charge in [-0.05, 0) is 50.9 Å². The van der Waals surface area contributed by atoms with Crippen molar-refractivity contribution in [2.45, 2.75) is 193 Å². The van der Waals surface area contributed by atoms with Crippen LogP contribution in [0.2, 0.25) is 0 Å². The second-order valence-corrected chi connectivity index (χ2v) is 16.8. The predicted octanol–water partition coefficient (Wildman–Crippen LogP) is 10.6. The number of carbonyl (C=O) groups is 2. The van der Waals surface area contributed by atoms with Gasteiger partial charge in [-0.15, -0.1) is 0 Å². The number of carbonyl (C=O) groups excluding carboxylic acids is 2. The van der Waals surface area contributed by atoms with E-state index in [1.165, 1.54) is 64.2 Å². The minimum atomic E-state index is -4.64. The summed E-state index contributed by atoms with van der Waals surface area (Å²) < 4.78 is 32.6. The Bertz CT molecular complexity index is 1120. The highest BCUT2D eigenvalue weighted by Crippen LogP contribution is 2.43. The van der Waals surface area contributed by atoms with Gasteiger partial charge in [-0.3, -0.25) is 18.6 Å². The van der Waals surface area contributed by atoms with Crippen LogP contribution in [0, 0.1) is 5.92 Å². The largest absolute Gasteiger partial charge is 0.472 e. The topological polar surface area (TPSA) is 169 Å². The molecule has 57 heavy (non-hydrogen) atoms. The van der Waals surface area contributed by atoms with Crippen LogP contribution in [0.1, 0.15) is 175 Å². The highest BCUT2D eigenvalue weighted by molar-refractivity contribution is 7.47. The molecule has 4 atom stereocenters. The number of aliphatic hydroxyl groups excluding tert-OH is 3. The number of phosphoric acid groups is 1. The van der Waals surface area contributed by atoms with Crippen molar-refractivity contribution in [1.29, 1.82) is 0 Å². The maximum absolute atomic E-state index is 12.6. The Morgan fingerprint density at radius 1 is 0.614 bits per heavy atom. The molecule has 0 aliphatic carbocycles. The highest BCUT2D eigenvalue weighted by atomic mass is 31.2. The number of unbranched alkanes of at least 4 members (excludes halogenated alkanes) is 14. The molecule has 0 aliphatic rings.